The molecule has 0 aliphatic carbocycles. The van der Waals surface area contributed by atoms with Crippen molar-refractivity contribution in [3.63, 3.8) is 0 Å². The zero-order chi connectivity index (χ0) is 12.3. The minimum atomic E-state index is -0.424. The van der Waals surface area contributed by atoms with Gasteiger partial charge in [-0.25, -0.2) is 4.98 Å². The highest BCUT2D eigenvalue weighted by molar-refractivity contribution is 5.59. The molecule has 2 rings (SSSR count). The Hall–Kier alpha value is -2.68. The van der Waals surface area contributed by atoms with E-state index < -0.39 is 5.56 Å². The first-order chi connectivity index (χ1) is 8.24. The van der Waals surface area contributed by atoms with Gasteiger partial charge in [-0.3, -0.25) is 9.78 Å². The minimum absolute atomic E-state index is 0.0344. The highest BCUT2D eigenvalue weighted by Gasteiger charge is 2.05. The van der Waals surface area contributed by atoms with E-state index in [2.05, 4.69) is 15.0 Å². The molecule has 0 aromatic carbocycles. The van der Waals surface area contributed by atoms with Gasteiger partial charge in [0.05, 0.1) is 25.2 Å². The summed E-state index contributed by atoms with van der Waals surface area (Å²) in [5.41, 5.74) is 0.740. The molecule has 0 fully saturated rings. The molecule has 0 saturated heterocycles. The number of nitriles is 1. The fourth-order valence-corrected chi connectivity index (χ4v) is 1.30. The second-order valence-corrected chi connectivity index (χ2v) is 3.19. The largest absolute Gasteiger partial charge is 0.480 e. The number of H-pyrrole nitrogens is 1. The van der Waals surface area contributed by atoms with Crippen molar-refractivity contribution in [1.29, 1.82) is 5.26 Å². The van der Waals surface area contributed by atoms with Crippen molar-refractivity contribution in [2.75, 3.05) is 7.11 Å². The molecule has 0 radical (unpaired) electrons. The monoisotopic (exact) mass is 228 g/mol. The lowest BCUT2D eigenvalue weighted by molar-refractivity contribution is 0.396. The fourth-order valence-electron chi connectivity index (χ4n) is 1.30. The first-order valence-corrected chi connectivity index (χ1v) is 4.74. The molecule has 0 spiro atoms. The third kappa shape index (κ3) is 2.13. The second-order valence-electron chi connectivity index (χ2n) is 3.19. The van der Waals surface area contributed by atoms with Gasteiger partial charge in [0.15, 0.2) is 0 Å². The van der Waals surface area contributed by atoms with Crippen molar-refractivity contribution in [2.24, 2.45) is 0 Å². The van der Waals surface area contributed by atoms with E-state index in [4.69, 9.17) is 10.00 Å². The van der Waals surface area contributed by atoms with Gasteiger partial charge in [-0.05, 0) is 6.07 Å². The summed E-state index contributed by atoms with van der Waals surface area (Å²) in [5.74, 6) is 0.368. The van der Waals surface area contributed by atoms with E-state index in [0.717, 1.165) is 0 Å². The number of nitrogens with zero attached hydrogens (tertiary/aromatic N) is 3. The molecule has 0 amide bonds. The van der Waals surface area contributed by atoms with Gasteiger partial charge in [0.25, 0.3) is 5.56 Å². The van der Waals surface area contributed by atoms with Crippen LogP contribution >= 0.6 is 0 Å². The van der Waals surface area contributed by atoms with Gasteiger partial charge in [0, 0.05) is 11.8 Å². The van der Waals surface area contributed by atoms with E-state index in [1.54, 1.807) is 0 Å². The number of aromatic amines is 1. The molecule has 0 aliphatic heterocycles. The molecule has 0 saturated carbocycles. The lowest BCUT2D eigenvalue weighted by Gasteiger charge is -2.02. The SMILES string of the molecule is COc1cncc(-c2c[nH]c(=O)c(C#N)c2)n1. The van der Waals surface area contributed by atoms with Crippen molar-refractivity contribution in [2.45, 2.75) is 0 Å². The van der Waals surface area contributed by atoms with Crippen molar-refractivity contribution in [3.8, 4) is 23.2 Å². The summed E-state index contributed by atoms with van der Waals surface area (Å²) in [4.78, 5) is 21.8. The molecule has 0 bridgehead atoms. The Morgan fingerprint density at radius 3 is 3.00 bits per heavy atom. The summed E-state index contributed by atoms with van der Waals surface area (Å²) in [6.07, 6.45) is 4.48. The average molecular weight is 228 g/mol. The van der Waals surface area contributed by atoms with Gasteiger partial charge in [-0.2, -0.15) is 5.26 Å². The first-order valence-electron chi connectivity index (χ1n) is 4.74. The van der Waals surface area contributed by atoms with Crippen LogP contribution in [0, 0.1) is 11.3 Å². The van der Waals surface area contributed by atoms with Crippen LogP contribution in [0.4, 0.5) is 0 Å². The number of hydrogen-bond acceptors (Lipinski definition) is 5. The van der Waals surface area contributed by atoms with Crippen molar-refractivity contribution < 1.29 is 4.74 Å². The Kier molecular flexibility index (Phi) is 2.83. The number of aromatic nitrogens is 3. The molecule has 84 valence electrons. The van der Waals surface area contributed by atoms with Gasteiger partial charge in [-0.15, -0.1) is 0 Å². The standard InChI is InChI=1S/C11H8N4O2/c1-17-10-6-13-5-9(15-10)8-2-7(3-12)11(16)14-4-8/h2,4-6H,1H3,(H,14,16). The first kappa shape index (κ1) is 10.8. The molecule has 0 atom stereocenters. The van der Waals surface area contributed by atoms with Gasteiger partial charge in [-0.1, -0.05) is 0 Å². The molecule has 6 heteroatoms. The maximum Gasteiger partial charge on any atom is 0.265 e. The van der Waals surface area contributed by atoms with E-state index >= 15 is 0 Å². The van der Waals surface area contributed by atoms with Gasteiger partial charge >= 0.3 is 0 Å². The van der Waals surface area contributed by atoms with E-state index in [-0.39, 0.29) is 5.56 Å². The molecule has 2 heterocycles. The minimum Gasteiger partial charge on any atom is -0.480 e. The number of nitrogens with one attached hydrogen (secondary N) is 1. The van der Waals surface area contributed by atoms with Gasteiger partial charge < -0.3 is 9.72 Å². The maximum absolute atomic E-state index is 11.2. The molecule has 0 unspecified atom stereocenters. The Bertz CT molecular complexity index is 642. The normalized spacial score (nSPS) is 9.65. The third-order valence-electron chi connectivity index (χ3n) is 2.14. The van der Waals surface area contributed by atoms with Crippen molar-refractivity contribution >= 4 is 0 Å². The van der Waals surface area contributed by atoms with Crippen LogP contribution in [-0.4, -0.2) is 22.1 Å². The molecular weight excluding hydrogens is 220 g/mol. The number of ether oxygens (including phenoxy) is 1. The Morgan fingerprint density at radius 2 is 2.29 bits per heavy atom. The average Bonchev–Trinajstić information content (AvgIpc) is 2.39. The van der Waals surface area contributed by atoms with Gasteiger partial charge in [0.2, 0.25) is 5.88 Å². The molecular formula is C11H8N4O2. The Morgan fingerprint density at radius 1 is 1.47 bits per heavy atom. The lowest BCUT2D eigenvalue weighted by Crippen LogP contribution is -2.09. The predicted molar refractivity (Wildman–Crippen MR) is 59.4 cm³/mol. The summed E-state index contributed by atoms with van der Waals surface area (Å²) in [5, 5.41) is 8.76. The van der Waals surface area contributed by atoms with Crippen LogP contribution < -0.4 is 10.3 Å². The molecule has 17 heavy (non-hydrogen) atoms. The van der Waals surface area contributed by atoms with Crippen LogP contribution in [0.5, 0.6) is 5.88 Å². The molecule has 1 N–H and O–H groups in total. The van der Waals surface area contributed by atoms with E-state index in [0.29, 0.717) is 17.1 Å². The Balaban J connectivity index is 2.53. The van der Waals surface area contributed by atoms with Crippen LogP contribution in [0.3, 0.4) is 0 Å². The smallest absolute Gasteiger partial charge is 0.265 e. The summed E-state index contributed by atoms with van der Waals surface area (Å²) in [6, 6.07) is 3.27. The zero-order valence-corrected chi connectivity index (χ0v) is 8.97. The van der Waals surface area contributed by atoms with Crippen LogP contribution in [0.1, 0.15) is 5.56 Å². The van der Waals surface area contributed by atoms with E-state index in [9.17, 15) is 4.79 Å². The molecule has 2 aromatic rings. The summed E-state index contributed by atoms with van der Waals surface area (Å²) >= 11 is 0. The van der Waals surface area contributed by atoms with E-state index in [1.165, 1.54) is 31.8 Å². The predicted octanol–water partition coefficient (Wildman–Crippen LogP) is 0.712. The lowest BCUT2D eigenvalue weighted by atomic mass is 10.1. The number of methoxy groups -OCH3 is 1. The van der Waals surface area contributed by atoms with Crippen molar-refractivity contribution in [1.82, 2.24) is 15.0 Å². The van der Waals surface area contributed by atoms with Crippen LogP contribution in [0.25, 0.3) is 11.3 Å². The van der Waals surface area contributed by atoms with E-state index in [1.807, 2.05) is 6.07 Å². The maximum atomic E-state index is 11.2. The summed E-state index contributed by atoms with van der Waals surface area (Å²) < 4.78 is 4.95. The van der Waals surface area contributed by atoms with Crippen LogP contribution in [-0.2, 0) is 0 Å². The van der Waals surface area contributed by atoms with Crippen LogP contribution in [0.2, 0.25) is 0 Å². The molecule has 2 aromatic heterocycles. The number of hydrogen-bond donors (Lipinski definition) is 1. The molecule has 6 nitrogen and oxygen atoms in total. The van der Waals surface area contributed by atoms with Crippen molar-refractivity contribution in [3.05, 3.63) is 40.6 Å². The van der Waals surface area contributed by atoms with Crippen LogP contribution in [0.15, 0.2) is 29.5 Å². The quantitative estimate of drug-likeness (QED) is 0.817. The fraction of sp³-hybridized carbons (Fsp3) is 0.0909. The topological polar surface area (TPSA) is 91.7 Å². The highest BCUT2D eigenvalue weighted by Crippen LogP contribution is 2.17. The number of rotatable bonds is 2. The third-order valence-corrected chi connectivity index (χ3v) is 2.14. The summed E-state index contributed by atoms with van der Waals surface area (Å²) in [7, 11) is 1.49. The zero-order valence-electron chi connectivity index (χ0n) is 8.97. The number of pyridine rings is 1. The second kappa shape index (κ2) is 4.45. The molecule has 0 aliphatic rings. The summed E-state index contributed by atoms with van der Waals surface area (Å²) in [6.45, 7) is 0. The Labute approximate surface area is 96.5 Å². The van der Waals surface area contributed by atoms with Gasteiger partial charge in [0.1, 0.15) is 11.6 Å². The highest BCUT2D eigenvalue weighted by atomic mass is 16.5.